The van der Waals surface area contributed by atoms with E-state index < -0.39 is 36.5 Å². The van der Waals surface area contributed by atoms with E-state index in [0.29, 0.717) is 6.42 Å². The lowest BCUT2D eigenvalue weighted by atomic mass is 9.92. The van der Waals surface area contributed by atoms with Crippen molar-refractivity contribution in [1.82, 2.24) is 0 Å². The van der Waals surface area contributed by atoms with Crippen LogP contribution < -0.4 is 0 Å². The predicted molar refractivity (Wildman–Crippen MR) is 311 cm³/mol. The van der Waals surface area contributed by atoms with Gasteiger partial charge in [-0.25, -0.2) is 0 Å². The number of carbonyl (C=O) groups excluding carboxylic acids is 2. The van der Waals surface area contributed by atoms with Crippen molar-refractivity contribution < 1.29 is 29.3 Å². The van der Waals surface area contributed by atoms with Crippen molar-refractivity contribution in [3.63, 3.8) is 0 Å². The number of cyclic esters (lactones) is 2. The van der Waals surface area contributed by atoms with E-state index in [2.05, 4.69) is 19.1 Å². The minimum atomic E-state index is -1.12. The molecule has 6 nitrogen and oxygen atoms in total. The van der Waals surface area contributed by atoms with Crippen LogP contribution in [0.15, 0.2) is 12.2 Å². The van der Waals surface area contributed by atoms with Gasteiger partial charge in [-0.3, -0.25) is 9.59 Å². The number of carbonyl (C=O) groups is 2. The van der Waals surface area contributed by atoms with E-state index in [1.807, 2.05) is 0 Å². The maximum atomic E-state index is 12.5. The van der Waals surface area contributed by atoms with Gasteiger partial charge in [0, 0.05) is 0 Å². The maximum Gasteiger partial charge on any atom is 0.309 e. The molecule has 2 N–H and O–H groups in total. The number of aliphatic hydroxyl groups excluding tert-OH is 2. The smallest absolute Gasteiger partial charge is 0.309 e. The lowest BCUT2D eigenvalue weighted by molar-refractivity contribution is -0.155. The second-order valence-electron chi connectivity index (χ2n) is 23.5. The summed E-state index contributed by atoms with van der Waals surface area (Å²) < 4.78 is 10.6. The number of hydrogen-bond acceptors (Lipinski definition) is 6. The Kier molecular flexibility index (Phi) is 53.2. The van der Waals surface area contributed by atoms with Gasteiger partial charge in [0.15, 0.2) is 0 Å². The molecule has 1 fully saturated rings. The van der Waals surface area contributed by atoms with Crippen molar-refractivity contribution in [1.29, 1.82) is 0 Å². The summed E-state index contributed by atoms with van der Waals surface area (Å²) >= 11 is 0. The van der Waals surface area contributed by atoms with Gasteiger partial charge in [0.25, 0.3) is 0 Å². The molecule has 0 aliphatic carbocycles. The van der Waals surface area contributed by atoms with Crippen LogP contribution in [0.5, 0.6) is 0 Å². The molecule has 1 saturated heterocycles. The van der Waals surface area contributed by atoms with E-state index in [-0.39, 0.29) is 19.6 Å². The van der Waals surface area contributed by atoms with E-state index in [0.717, 1.165) is 19.3 Å². The molecule has 6 heteroatoms. The third kappa shape index (κ3) is 47.1. The first-order chi connectivity index (χ1) is 35.6. The molecule has 426 valence electrons. The summed E-state index contributed by atoms with van der Waals surface area (Å²) in [6.07, 6.45) is 80.1. The van der Waals surface area contributed by atoms with Crippen LogP contribution in [-0.2, 0) is 19.1 Å². The molecule has 1 atom stereocenters. The van der Waals surface area contributed by atoms with Gasteiger partial charge < -0.3 is 19.7 Å². The molecule has 1 unspecified atom stereocenters. The summed E-state index contributed by atoms with van der Waals surface area (Å²) in [4.78, 5) is 24.7. The summed E-state index contributed by atoms with van der Waals surface area (Å²) in [5.41, 5.74) is -1.12. The Bertz CT molecular complexity index is 1130. The van der Waals surface area contributed by atoms with Crippen LogP contribution in [0.3, 0.4) is 0 Å². The average Bonchev–Trinajstić information content (AvgIpc) is 3.45. The van der Waals surface area contributed by atoms with Gasteiger partial charge in [0.05, 0.1) is 31.0 Å². The number of hydrogen-bond donors (Lipinski definition) is 2. The highest BCUT2D eigenvalue weighted by atomic mass is 16.6. The third-order valence-corrected chi connectivity index (χ3v) is 16.3. The molecule has 1 aliphatic heterocycles. The Morgan fingerprint density at radius 3 is 0.861 bits per heavy atom. The minimum absolute atomic E-state index is 0.00517. The van der Waals surface area contributed by atoms with Crippen molar-refractivity contribution in [3.8, 4) is 0 Å². The summed E-state index contributed by atoms with van der Waals surface area (Å²) in [7, 11) is 0. The van der Waals surface area contributed by atoms with Crippen molar-refractivity contribution >= 4 is 11.9 Å². The van der Waals surface area contributed by atoms with Crippen LogP contribution in [0.1, 0.15) is 360 Å². The van der Waals surface area contributed by atoms with Gasteiger partial charge in [-0.1, -0.05) is 334 Å². The molecule has 1 aliphatic rings. The highest BCUT2D eigenvalue weighted by Gasteiger charge is 2.36. The molecular formula is C66H126O6. The number of esters is 2. The quantitative estimate of drug-likeness (QED) is 0.0358. The van der Waals surface area contributed by atoms with E-state index in [1.54, 1.807) is 0 Å². The molecule has 1 rings (SSSR count). The number of aliphatic hydroxyl groups is 2. The van der Waals surface area contributed by atoms with Gasteiger partial charge >= 0.3 is 11.9 Å². The molecule has 0 radical (unpaired) electrons. The van der Waals surface area contributed by atoms with Gasteiger partial charge in [-0.15, -0.1) is 0 Å². The minimum Gasteiger partial charge on any atom is -0.465 e. The molecule has 0 aromatic rings. The fraction of sp³-hybridized carbons (Fsp3) is 0.939. The van der Waals surface area contributed by atoms with Gasteiger partial charge in [0.2, 0.25) is 0 Å². The fourth-order valence-corrected chi connectivity index (χ4v) is 10.9. The highest BCUT2D eigenvalue weighted by Crippen LogP contribution is 2.25. The summed E-state index contributed by atoms with van der Waals surface area (Å²) in [6, 6.07) is 0. The Morgan fingerprint density at radius 2 is 0.597 bits per heavy atom. The standard InChI is InChI=1S/C66H126O6/c1-2-3-4-5-6-7-8-9-10-11-12-13-14-15-16-17-18-19-20-21-22-23-24-25-26-27-28-29-30-31-32-33-34-35-36-37-38-39-40-41-42-43-44-45-46-47-48-49-50-51-52-53-54-55-56-57-63-58-64(69)71-61-66(59-67,60-68)62-72-65(63)70/h10-11,63,67-68H,2-9,12-62H2,1H3/b11-10+. The van der Waals surface area contributed by atoms with Crippen molar-refractivity contribution in [2.24, 2.45) is 11.3 Å². The van der Waals surface area contributed by atoms with E-state index in [9.17, 15) is 19.8 Å². The second-order valence-corrected chi connectivity index (χ2v) is 23.5. The molecule has 0 bridgehead atoms. The van der Waals surface area contributed by atoms with Crippen LogP contribution in [0, 0.1) is 11.3 Å². The van der Waals surface area contributed by atoms with E-state index in [4.69, 9.17) is 9.47 Å². The second kappa shape index (κ2) is 55.8. The summed E-state index contributed by atoms with van der Waals surface area (Å²) in [5.74, 6) is -1.40. The van der Waals surface area contributed by atoms with Crippen molar-refractivity contribution in [2.45, 2.75) is 360 Å². The Hall–Kier alpha value is -1.40. The van der Waals surface area contributed by atoms with Crippen LogP contribution in [0.4, 0.5) is 0 Å². The van der Waals surface area contributed by atoms with Crippen LogP contribution in [0.25, 0.3) is 0 Å². The molecule has 0 amide bonds. The molecule has 0 spiro atoms. The average molecular weight is 1020 g/mol. The van der Waals surface area contributed by atoms with Crippen molar-refractivity contribution in [3.05, 3.63) is 12.2 Å². The topological polar surface area (TPSA) is 93.1 Å². The molecule has 0 saturated carbocycles. The normalized spacial score (nSPS) is 15.2. The van der Waals surface area contributed by atoms with E-state index in [1.165, 1.54) is 321 Å². The van der Waals surface area contributed by atoms with E-state index >= 15 is 0 Å². The monoisotopic (exact) mass is 1010 g/mol. The molecule has 72 heavy (non-hydrogen) atoms. The number of unbranched alkanes of at least 4 members (excludes halogenated alkanes) is 51. The predicted octanol–water partition coefficient (Wildman–Crippen LogP) is 20.7. The first kappa shape index (κ1) is 68.6. The van der Waals surface area contributed by atoms with Gasteiger partial charge in [-0.2, -0.15) is 0 Å². The summed E-state index contributed by atoms with van der Waals surface area (Å²) in [6.45, 7) is 1.21. The zero-order chi connectivity index (χ0) is 51.8. The largest absolute Gasteiger partial charge is 0.465 e. The molecule has 1 heterocycles. The lowest BCUT2D eigenvalue weighted by Gasteiger charge is -2.27. The first-order valence-electron chi connectivity index (χ1n) is 32.8. The zero-order valence-corrected chi connectivity index (χ0v) is 48.5. The van der Waals surface area contributed by atoms with Gasteiger partial charge in [0.1, 0.15) is 13.2 Å². The van der Waals surface area contributed by atoms with Crippen molar-refractivity contribution in [2.75, 3.05) is 26.4 Å². The summed E-state index contributed by atoms with van der Waals surface area (Å²) in [5, 5.41) is 19.2. The molecule has 0 aromatic heterocycles. The first-order valence-corrected chi connectivity index (χ1v) is 32.8. The Balaban J connectivity index is 1.67. The maximum absolute atomic E-state index is 12.5. The van der Waals surface area contributed by atoms with Gasteiger partial charge in [-0.05, 0) is 32.1 Å². The van der Waals surface area contributed by atoms with Crippen LogP contribution in [0.2, 0.25) is 0 Å². The van der Waals surface area contributed by atoms with Crippen LogP contribution in [-0.4, -0.2) is 48.6 Å². The Morgan fingerprint density at radius 1 is 0.361 bits per heavy atom. The lowest BCUT2D eigenvalue weighted by Crippen LogP contribution is -2.40. The Labute approximate surface area is 449 Å². The molecule has 0 aromatic carbocycles. The number of allylic oxidation sites excluding steroid dienone is 2. The fourth-order valence-electron chi connectivity index (χ4n) is 10.9. The molecular weight excluding hydrogens is 889 g/mol. The SMILES string of the molecule is CCCCCCCCC/C=C/CCCCCCCCCCCCCCCCCCCCCCCCCCCCCCCCCCCCCCCCCCCCCCC1CC(=O)OCC(CO)(CO)COC1=O. The van der Waals surface area contributed by atoms with Crippen LogP contribution >= 0.6 is 0 Å². The highest BCUT2D eigenvalue weighted by molar-refractivity contribution is 5.80. The zero-order valence-electron chi connectivity index (χ0n) is 48.5. The third-order valence-electron chi connectivity index (χ3n) is 16.3. The number of rotatable bonds is 57. The number of ether oxygens (including phenoxy) is 2.